The van der Waals surface area contributed by atoms with Gasteiger partial charge in [0.05, 0.1) is 11.0 Å². The van der Waals surface area contributed by atoms with Crippen LogP contribution >= 0.6 is 11.3 Å². The molecular weight excluding hydrogens is 246 g/mol. The Morgan fingerprint density at radius 3 is 2.50 bits per heavy atom. The lowest BCUT2D eigenvalue weighted by Crippen LogP contribution is -2.35. The Bertz CT molecular complexity index is 372. The fraction of sp³-hybridized carbons (Fsp3) is 0.643. The van der Waals surface area contributed by atoms with Crippen LogP contribution < -0.4 is 5.32 Å². The van der Waals surface area contributed by atoms with Gasteiger partial charge in [0, 0.05) is 11.4 Å². The number of carbonyl (C=O) groups excluding carboxylic acids is 1. The first kappa shape index (κ1) is 15.2. The number of thiophene rings is 1. The van der Waals surface area contributed by atoms with Gasteiger partial charge in [0.15, 0.2) is 0 Å². The van der Waals surface area contributed by atoms with E-state index in [2.05, 4.69) is 26.1 Å². The van der Waals surface area contributed by atoms with E-state index in [9.17, 15) is 9.90 Å². The van der Waals surface area contributed by atoms with Crippen molar-refractivity contribution >= 4 is 17.2 Å². The molecule has 1 unspecified atom stereocenters. The zero-order chi connectivity index (χ0) is 13.5. The summed E-state index contributed by atoms with van der Waals surface area (Å²) in [5, 5.41) is 12.8. The van der Waals surface area contributed by atoms with E-state index < -0.39 is 6.10 Å². The summed E-state index contributed by atoms with van der Waals surface area (Å²) in [7, 11) is 0. The normalized spacial score (nSPS) is 12.7. The van der Waals surface area contributed by atoms with Crippen LogP contribution in [0.15, 0.2) is 12.1 Å². The Morgan fingerprint density at radius 1 is 1.33 bits per heavy atom. The Kier molecular flexibility index (Phi) is 6.36. The van der Waals surface area contributed by atoms with Gasteiger partial charge in [0.25, 0.3) is 5.91 Å². The molecule has 0 saturated heterocycles. The second-order valence-corrected chi connectivity index (χ2v) is 5.64. The number of amides is 1. The number of carbonyl (C=O) groups is 1. The number of nitrogens with one attached hydrogen (secondary N) is 1. The average Bonchev–Trinajstić information content (AvgIpc) is 2.86. The number of hydrogen-bond acceptors (Lipinski definition) is 3. The molecule has 2 N–H and O–H groups in total. The molecule has 3 nitrogen and oxygen atoms in total. The van der Waals surface area contributed by atoms with Crippen LogP contribution in [0, 0.1) is 5.92 Å². The maximum absolute atomic E-state index is 11.9. The van der Waals surface area contributed by atoms with Crippen molar-refractivity contribution in [1.82, 2.24) is 5.32 Å². The molecule has 1 aromatic rings. The zero-order valence-electron chi connectivity index (χ0n) is 11.4. The maximum atomic E-state index is 11.9. The van der Waals surface area contributed by atoms with Gasteiger partial charge in [-0.15, -0.1) is 11.3 Å². The second-order valence-electron chi connectivity index (χ2n) is 4.47. The van der Waals surface area contributed by atoms with E-state index in [1.165, 1.54) is 16.2 Å². The van der Waals surface area contributed by atoms with Gasteiger partial charge in [-0.25, -0.2) is 0 Å². The molecule has 1 aromatic heterocycles. The van der Waals surface area contributed by atoms with Gasteiger partial charge < -0.3 is 10.4 Å². The van der Waals surface area contributed by atoms with Crippen LogP contribution in [-0.4, -0.2) is 23.7 Å². The second kappa shape index (κ2) is 7.54. The lowest BCUT2D eigenvalue weighted by molar-refractivity contribution is 0.0819. The molecule has 0 radical (unpaired) electrons. The minimum Gasteiger partial charge on any atom is -0.391 e. The summed E-state index contributed by atoms with van der Waals surface area (Å²) in [6.07, 6.45) is 2.38. The van der Waals surface area contributed by atoms with Crippen molar-refractivity contribution in [3.05, 3.63) is 21.9 Å². The molecule has 0 spiro atoms. The summed E-state index contributed by atoms with van der Waals surface area (Å²) in [6, 6.07) is 3.83. The third-order valence-electron chi connectivity index (χ3n) is 3.30. The van der Waals surface area contributed by atoms with Crippen LogP contribution in [0.1, 0.15) is 48.2 Å². The van der Waals surface area contributed by atoms with Gasteiger partial charge in [-0.2, -0.15) is 0 Å². The molecule has 4 heteroatoms. The van der Waals surface area contributed by atoms with Gasteiger partial charge in [-0.3, -0.25) is 4.79 Å². The lowest BCUT2D eigenvalue weighted by atomic mass is 9.96. The van der Waals surface area contributed by atoms with Crippen molar-refractivity contribution in [1.29, 1.82) is 0 Å². The van der Waals surface area contributed by atoms with Crippen LogP contribution in [-0.2, 0) is 6.42 Å². The highest BCUT2D eigenvalue weighted by Gasteiger charge is 2.17. The smallest absolute Gasteiger partial charge is 0.261 e. The fourth-order valence-corrected chi connectivity index (χ4v) is 2.84. The summed E-state index contributed by atoms with van der Waals surface area (Å²) in [4.78, 5) is 13.8. The summed E-state index contributed by atoms with van der Waals surface area (Å²) < 4.78 is 0. The van der Waals surface area contributed by atoms with Gasteiger partial charge in [0.2, 0.25) is 0 Å². The van der Waals surface area contributed by atoms with E-state index in [0.717, 1.165) is 24.1 Å². The molecule has 1 rings (SSSR count). The average molecular weight is 269 g/mol. The van der Waals surface area contributed by atoms with Crippen LogP contribution in [0.3, 0.4) is 0 Å². The fourth-order valence-electron chi connectivity index (χ4n) is 1.97. The largest absolute Gasteiger partial charge is 0.391 e. The first-order chi connectivity index (χ1) is 8.62. The van der Waals surface area contributed by atoms with Crippen molar-refractivity contribution in [3.63, 3.8) is 0 Å². The zero-order valence-corrected chi connectivity index (χ0v) is 12.2. The molecule has 0 aliphatic rings. The minimum absolute atomic E-state index is 0.0790. The number of aliphatic hydroxyl groups is 1. The van der Waals surface area contributed by atoms with E-state index in [4.69, 9.17) is 0 Å². The van der Waals surface area contributed by atoms with E-state index >= 15 is 0 Å². The van der Waals surface area contributed by atoms with E-state index in [0.29, 0.717) is 6.54 Å². The topological polar surface area (TPSA) is 49.3 Å². The van der Waals surface area contributed by atoms with Crippen molar-refractivity contribution in [2.45, 2.75) is 46.1 Å². The molecular formula is C14H23NO2S. The van der Waals surface area contributed by atoms with Crippen molar-refractivity contribution in [3.8, 4) is 0 Å². The minimum atomic E-state index is -0.449. The van der Waals surface area contributed by atoms with Crippen LogP contribution in [0.25, 0.3) is 0 Å². The third-order valence-corrected chi connectivity index (χ3v) is 4.53. The highest BCUT2D eigenvalue weighted by atomic mass is 32.1. The van der Waals surface area contributed by atoms with Crippen molar-refractivity contribution in [2.24, 2.45) is 5.92 Å². The summed E-state index contributed by atoms with van der Waals surface area (Å²) in [6.45, 7) is 6.53. The summed E-state index contributed by atoms with van der Waals surface area (Å²) in [5.74, 6) is 0.185. The Balaban J connectivity index is 2.45. The predicted octanol–water partition coefficient (Wildman–Crippen LogP) is 2.84. The Hall–Kier alpha value is -0.870. The molecule has 18 heavy (non-hydrogen) atoms. The monoisotopic (exact) mass is 269 g/mol. The number of aliphatic hydroxyl groups excluding tert-OH is 1. The number of hydrogen-bond donors (Lipinski definition) is 2. The number of aryl methyl sites for hydroxylation is 1. The molecule has 0 aromatic carbocycles. The van der Waals surface area contributed by atoms with Crippen molar-refractivity contribution < 1.29 is 9.90 Å². The standard InChI is InChI=1S/C14H23NO2S/c1-4-10(5-2)12(16)9-15-14(17)13-8-7-11(6-3)18-13/h7-8,10,12,16H,4-6,9H2,1-3H3,(H,15,17). The SMILES string of the molecule is CCc1ccc(C(=O)NCC(O)C(CC)CC)s1. The highest BCUT2D eigenvalue weighted by molar-refractivity contribution is 7.14. The molecule has 1 atom stereocenters. The summed E-state index contributed by atoms with van der Waals surface area (Å²) >= 11 is 1.52. The van der Waals surface area contributed by atoms with Gasteiger partial charge in [-0.05, 0) is 24.5 Å². The first-order valence-electron chi connectivity index (χ1n) is 6.67. The quantitative estimate of drug-likeness (QED) is 0.799. The van der Waals surface area contributed by atoms with Gasteiger partial charge >= 0.3 is 0 Å². The molecule has 0 fully saturated rings. The van der Waals surface area contributed by atoms with E-state index in [1.54, 1.807) is 0 Å². The maximum Gasteiger partial charge on any atom is 0.261 e. The van der Waals surface area contributed by atoms with Crippen LogP contribution in [0.4, 0.5) is 0 Å². The van der Waals surface area contributed by atoms with Crippen molar-refractivity contribution in [2.75, 3.05) is 6.54 Å². The molecule has 0 aliphatic carbocycles. The first-order valence-corrected chi connectivity index (χ1v) is 7.48. The molecule has 0 aliphatic heterocycles. The molecule has 1 amide bonds. The Labute approximate surface area is 113 Å². The third kappa shape index (κ3) is 4.10. The van der Waals surface area contributed by atoms with Gasteiger partial charge in [-0.1, -0.05) is 33.6 Å². The van der Waals surface area contributed by atoms with Gasteiger partial charge in [0.1, 0.15) is 0 Å². The van der Waals surface area contributed by atoms with Crippen LogP contribution in [0.2, 0.25) is 0 Å². The molecule has 0 bridgehead atoms. The predicted molar refractivity (Wildman–Crippen MR) is 76.1 cm³/mol. The molecule has 0 saturated carbocycles. The summed E-state index contributed by atoms with van der Waals surface area (Å²) in [5.41, 5.74) is 0. The molecule has 1 heterocycles. The highest BCUT2D eigenvalue weighted by Crippen LogP contribution is 2.17. The van der Waals surface area contributed by atoms with E-state index in [1.807, 2.05) is 12.1 Å². The van der Waals surface area contributed by atoms with E-state index in [-0.39, 0.29) is 11.8 Å². The van der Waals surface area contributed by atoms with Crippen LogP contribution in [0.5, 0.6) is 0 Å². The number of rotatable bonds is 7. The Morgan fingerprint density at radius 2 is 2.00 bits per heavy atom. The molecule has 102 valence electrons. The lowest BCUT2D eigenvalue weighted by Gasteiger charge is -2.20.